The van der Waals surface area contributed by atoms with Crippen LogP contribution in [0.4, 0.5) is 0 Å². The molecule has 2 heterocycles. The number of benzene rings is 1. The molecule has 0 spiro atoms. The number of carbonyl (C=O) groups is 1. The molecule has 0 saturated carbocycles. The number of nitrogens with zero attached hydrogens (tertiary/aromatic N) is 2. The number of likely N-dealkylation sites (tertiary alicyclic amines) is 1. The Bertz CT molecular complexity index is 797. The van der Waals surface area contributed by atoms with Crippen LogP contribution < -0.4 is 10.6 Å². The number of carbonyl (C=O) groups excluding carboxylic acids is 1. The van der Waals surface area contributed by atoms with Gasteiger partial charge in [-0.1, -0.05) is 24.6 Å². The highest BCUT2D eigenvalue weighted by Gasteiger charge is 2.15. The van der Waals surface area contributed by atoms with E-state index in [2.05, 4.69) is 58.0 Å². The van der Waals surface area contributed by atoms with E-state index >= 15 is 0 Å². The zero-order valence-electron chi connectivity index (χ0n) is 17.7. The Kier molecular flexibility index (Phi) is 8.40. The summed E-state index contributed by atoms with van der Waals surface area (Å²) in [6.07, 6.45) is 9.18. The number of aromatic nitrogens is 1. The van der Waals surface area contributed by atoms with Gasteiger partial charge in [0.1, 0.15) is 0 Å². The number of rotatable bonds is 9. The fourth-order valence-corrected chi connectivity index (χ4v) is 3.89. The second-order valence-corrected chi connectivity index (χ2v) is 7.70. The number of para-hydroxylation sites is 1. The maximum absolute atomic E-state index is 12.1. The molecule has 0 unspecified atom stereocenters. The van der Waals surface area contributed by atoms with Gasteiger partial charge < -0.3 is 20.5 Å². The lowest BCUT2D eigenvalue weighted by molar-refractivity contribution is -0.130. The highest BCUT2D eigenvalue weighted by Crippen LogP contribution is 2.18. The van der Waals surface area contributed by atoms with Gasteiger partial charge in [0, 0.05) is 56.2 Å². The van der Waals surface area contributed by atoms with Crippen molar-refractivity contribution in [2.75, 3.05) is 32.7 Å². The SMILES string of the molecule is CCNC(=NCCCN1CCCCCC1=O)NCCCc1c[nH]c2ccccc12. The van der Waals surface area contributed by atoms with Crippen LogP contribution in [0.2, 0.25) is 0 Å². The van der Waals surface area contributed by atoms with Crippen LogP contribution in [0.15, 0.2) is 35.5 Å². The van der Waals surface area contributed by atoms with Crippen LogP contribution in [0, 0.1) is 0 Å². The molecular weight excluding hydrogens is 362 g/mol. The fraction of sp³-hybridized carbons (Fsp3) is 0.565. The lowest BCUT2D eigenvalue weighted by Crippen LogP contribution is -2.38. The normalized spacial score (nSPS) is 15.6. The number of aromatic amines is 1. The molecule has 2 aromatic rings. The highest BCUT2D eigenvalue weighted by atomic mass is 16.2. The topological polar surface area (TPSA) is 72.5 Å². The minimum atomic E-state index is 0.314. The number of fused-ring (bicyclic) bond motifs is 1. The molecule has 0 aliphatic carbocycles. The monoisotopic (exact) mass is 397 g/mol. The molecule has 1 saturated heterocycles. The van der Waals surface area contributed by atoms with Crippen molar-refractivity contribution in [2.24, 2.45) is 4.99 Å². The summed E-state index contributed by atoms with van der Waals surface area (Å²) in [7, 11) is 0. The van der Waals surface area contributed by atoms with Crippen LogP contribution in [-0.4, -0.2) is 54.5 Å². The molecule has 3 N–H and O–H groups in total. The van der Waals surface area contributed by atoms with Crippen molar-refractivity contribution in [3.8, 4) is 0 Å². The summed E-state index contributed by atoms with van der Waals surface area (Å²) in [6.45, 7) is 6.28. The van der Waals surface area contributed by atoms with Gasteiger partial charge in [-0.2, -0.15) is 0 Å². The third kappa shape index (κ3) is 6.51. The number of H-pyrrole nitrogens is 1. The number of amides is 1. The average Bonchev–Trinajstić information content (AvgIpc) is 3.03. The van der Waals surface area contributed by atoms with Gasteiger partial charge in [-0.3, -0.25) is 9.79 Å². The molecule has 0 atom stereocenters. The summed E-state index contributed by atoms with van der Waals surface area (Å²) in [4.78, 5) is 22.1. The quantitative estimate of drug-likeness (QED) is 0.345. The van der Waals surface area contributed by atoms with Crippen molar-refractivity contribution >= 4 is 22.8 Å². The first kappa shape index (κ1) is 21.2. The van der Waals surface area contributed by atoms with E-state index in [1.807, 2.05) is 4.90 Å². The first-order valence-electron chi connectivity index (χ1n) is 11.1. The largest absolute Gasteiger partial charge is 0.361 e. The Labute approximate surface area is 174 Å². The molecule has 0 bridgehead atoms. The molecular formula is C23H35N5O. The van der Waals surface area contributed by atoms with Crippen molar-refractivity contribution in [1.82, 2.24) is 20.5 Å². The molecule has 6 nitrogen and oxygen atoms in total. The van der Waals surface area contributed by atoms with Crippen molar-refractivity contribution in [2.45, 2.75) is 51.9 Å². The second kappa shape index (κ2) is 11.5. The molecule has 1 aromatic carbocycles. The predicted octanol–water partition coefficient (Wildman–Crippen LogP) is 3.45. The van der Waals surface area contributed by atoms with Crippen molar-refractivity contribution < 1.29 is 4.79 Å². The first-order valence-corrected chi connectivity index (χ1v) is 11.1. The van der Waals surface area contributed by atoms with E-state index in [0.29, 0.717) is 12.3 Å². The molecule has 29 heavy (non-hydrogen) atoms. The van der Waals surface area contributed by atoms with E-state index in [4.69, 9.17) is 0 Å². The number of hydrogen-bond acceptors (Lipinski definition) is 2. The predicted molar refractivity (Wildman–Crippen MR) is 120 cm³/mol. The van der Waals surface area contributed by atoms with Crippen LogP contribution >= 0.6 is 0 Å². The summed E-state index contributed by atoms with van der Waals surface area (Å²) in [5.74, 6) is 1.18. The van der Waals surface area contributed by atoms with Gasteiger partial charge in [-0.15, -0.1) is 0 Å². The zero-order chi connectivity index (χ0) is 20.3. The second-order valence-electron chi connectivity index (χ2n) is 7.70. The van der Waals surface area contributed by atoms with E-state index < -0.39 is 0 Å². The van der Waals surface area contributed by atoms with Crippen molar-refractivity contribution in [1.29, 1.82) is 0 Å². The standard InChI is InChI=1S/C23H35N5O/c1-2-24-23(26-15-9-17-28-16-7-3-4-13-22(28)29)25-14-8-10-19-18-27-21-12-6-5-11-20(19)21/h5-6,11-12,18,27H,2-4,7-10,13-17H2,1H3,(H2,24,25,26). The molecule has 3 rings (SSSR count). The van der Waals surface area contributed by atoms with Crippen LogP contribution in [0.3, 0.4) is 0 Å². The minimum absolute atomic E-state index is 0.314. The van der Waals surface area contributed by atoms with E-state index in [-0.39, 0.29) is 0 Å². The lowest BCUT2D eigenvalue weighted by Gasteiger charge is -2.20. The molecule has 1 aliphatic rings. The Morgan fingerprint density at radius 1 is 1.17 bits per heavy atom. The number of aryl methyl sites for hydroxylation is 1. The molecule has 1 fully saturated rings. The maximum atomic E-state index is 12.1. The maximum Gasteiger partial charge on any atom is 0.222 e. The van der Waals surface area contributed by atoms with Gasteiger partial charge in [-0.05, 0) is 50.7 Å². The molecule has 1 aliphatic heterocycles. The first-order chi connectivity index (χ1) is 14.3. The smallest absolute Gasteiger partial charge is 0.222 e. The van der Waals surface area contributed by atoms with Gasteiger partial charge in [-0.25, -0.2) is 0 Å². The van der Waals surface area contributed by atoms with E-state index in [1.54, 1.807) is 0 Å². The summed E-state index contributed by atoms with van der Waals surface area (Å²) in [5.41, 5.74) is 2.57. The van der Waals surface area contributed by atoms with Gasteiger partial charge in [0.2, 0.25) is 5.91 Å². The highest BCUT2D eigenvalue weighted by molar-refractivity contribution is 5.83. The lowest BCUT2D eigenvalue weighted by atomic mass is 10.1. The molecule has 1 amide bonds. The Morgan fingerprint density at radius 2 is 2.07 bits per heavy atom. The third-order valence-corrected chi connectivity index (χ3v) is 5.46. The van der Waals surface area contributed by atoms with Crippen LogP contribution in [0.25, 0.3) is 10.9 Å². The zero-order valence-corrected chi connectivity index (χ0v) is 17.7. The minimum Gasteiger partial charge on any atom is -0.361 e. The Balaban J connectivity index is 1.39. The van der Waals surface area contributed by atoms with Gasteiger partial charge in [0.05, 0.1) is 0 Å². The molecule has 0 radical (unpaired) electrons. The van der Waals surface area contributed by atoms with Crippen LogP contribution in [0.5, 0.6) is 0 Å². The van der Waals surface area contributed by atoms with Crippen LogP contribution in [0.1, 0.15) is 51.0 Å². The van der Waals surface area contributed by atoms with Crippen molar-refractivity contribution in [3.63, 3.8) is 0 Å². The summed E-state index contributed by atoms with van der Waals surface area (Å²) < 4.78 is 0. The van der Waals surface area contributed by atoms with E-state index in [0.717, 1.165) is 70.8 Å². The molecule has 6 heteroatoms. The summed E-state index contributed by atoms with van der Waals surface area (Å²) in [6, 6.07) is 8.44. The summed E-state index contributed by atoms with van der Waals surface area (Å²) in [5, 5.41) is 8.07. The number of guanidine groups is 1. The summed E-state index contributed by atoms with van der Waals surface area (Å²) >= 11 is 0. The van der Waals surface area contributed by atoms with Crippen LogP contribution in [-0.2, 0) is 11.2 Å². The third-order valence-electron chi connectivity index (χ3n) is 5.46. The van der Waals surface area contributed by atoms with Gasteiger partial charge in [0.25, 0.3) is 0 Å². The number of nitrogens with one attached hydrogen (secondary N) is 3. The van der Waals surface area contributed by atoms with Gasteiger partial charge in [0.15, 0.2) is 5.96 Å². The number of hydrogen-bond donors (Lipinski definition) is 3. The molecule has 158 valence electrons. The molecule has 1 aromatic heterocycles. The Hall–Kier alpha value is -2.50. The Morgan fingerprint density at radius 3 is 2.97 bits per heavy atom. The van der Waals surface area contributed by atoms with E-state index in [1.165, 1.54) is 22.9 Å². The van der Waals surface area contributed by atoms with Crippen molar-refractivity contribution in [3.05, 3.63) is 36.0 Å². The fourth-order valence-electron chi connectivity index (χ4n) is 3.89. The van der Waals surface area contributed by atoms with E-state index in [9.17, 15) is 4.79 Å². The average molecular weight is 398 g/mol. The number of aliphatic imine (C=N–C) groups is 1. The van der Waals surface area contributed by atoms with Gasteiger partial charge >= 0.3 is 0 Å².